The fourth-order valence-corrected chi connectivity index (χ4v) is 4.65. The molecule has 1 aliphatic rings. The molecule has 2 aromatic heterocycles. The highest BCUT2D eigenvalue weighted by Crippen LogP contribution is 2.50. The zero-order valence-corrected chi connectivity index (χ0v) is 18.6. The maximum atomic E-state index is 14.2. The van der Waals surface area contributed by atoms with E-state index in [9.17, 15) is 31.0 Å². The molecule has 0 unspecified atom stereocenters. The maximum Gasteiger partial charge on any atom is 0.412 e. The summed E-state index contributed by atoms with van der Waals surface area (Å²) >= 11 is 5.84. The van der Waals surface area contributed by atoms with Gasteiger partial charge in [0.1, 0.15) is 0 Å². The molecule has 0 saturated heterocycles. The van der Waals surface area contributed by atoms with Crippen LogP contribution in [0.4, 0.5) is 38.1 Å². The van der Waals surface area contributed by atoms with E-state index in [0.29, 0.717) is 4.90 Å². The van der Waals surface area contributed by atoms with Crippen LogP contribution in [0.2, 0.25) is 5.15 Å². The Bertz CT molecular complexity index is 1390. The van der Waals surface area contributed by atoms with Crippen LogP contribution in [-0.2, 0) is 16.2 Å². The number of urea groups is 1. The van der Waals surface area contributed by atoms with Crippen LogP contribution in [0, 0.1) is 12.3 Å². The summed E-state index contributed by atoms with van der Waals surface area (Å²) in [6.07, 6.45) is -0.399. The number of fused-ring (bicyclic) bond motifs is 3. The quantitative estimate of drug-likeness (QED) is 0.408. The summed E-state index contributed by atoms with van der Waals surface area (Å²) in [4.78, 5) is 17.6. The van der Waals surface area contributed by atoms with Crippen LogP contribution >= 0.6 is 11.6 Å². The summed E-state index contributed by atoms with van der Waals surface area (Å²) in [7, 11) is -1.73. The van der Waals surface area contributed by atoms with Crippen molar-refractivity contribution in [2.75, 3.05) is 23.0 Å². The van der Waals surface area contributed by atoms with Gasteiger partial charge in [-0.3, -0.25) is 9.11 Å². The number of carbonyl (C=O) groups is 1. The summed E-state index contributed by atoms with van der Waals surface area (Å²) in [5.74, 6) is 1.76. The molecule has 2 amide bonds. The minimum Gasteiger partial charge on any atom is -0.308 e. The van der Waals surface area contributed by atoms with E-state index in [2.05, 4.69) is 15.4 Å². The Kier molecular flexibility index (Phi) is 5.77. The normalized spacial score (nSPS) is 18.7. The highest BCUT2D eigenvalue weighted by atomic mass is 35.5. The minimum atomic E-state index is -4.99. The summed E-state index contributed by atoms with van der Waals surface area (Å²) in [6.45, 7) is -1.01. The zero-order chi connectivity index (χ0) is 25.0. The lowest BCUT2D eigenvalue weighted by Gasteiger charge is -2.27. The van der Waals surface area contributed by atoms with E-state index >= 15 is 0 Å². The first-order chi connectivity index (χ1) is 15.9. The lowest BCUT2D eigenvalue weighted by Crippen LogP contribution is -2.47. The number of halogens is 6. The van der Waals surface area contributed by atoms with E-state index < -0.39 is 52.6 Å². The van der Waals surface area contributed by atoms with Crippen molar-refractivity contribution in [3.8, 4) is 12.3 Å². The number of nitrogens with one attached hydrogen (secondary N) is 1. The molecule has 1 aliphatic heterocycles. The number of benzene rings is 1. The van der Waals surface area contributed by atoms with Crippen LogP contribution in [0.5, 0.6) is 0 Å². The fraction of sp³-hybridized carbons (Fsp3) is 0.250. The molecule has 0 spiro atoms. The standard InChI is InChI=1S/C20H13ClF5N5O2S/c1-3-19(20(24,25)26)9-30(12-8-27-15-7-14(21)29-31(15)16(12)19)18(32)28-10-4-5-13(34(2)33)11(6-10)17(22)23/h1,4-8,17H,9H2,2H3,(H,28,32)/t19-,34-/m1/s1. The zero-order valence-electron chi connectivity index (χ0n) is 17.0. The summed E-state index contributed by atoms with van der Waals surface area (Å²) in [5.41, 5.74) is -4.48. The Morgan fingerprint density at radius 3 is 2.65 bits per heavy atom. The number of alkyl halides is 5. The van der Waals surface area contributed by atoms with Gasteiger partial charge in [0.25, 0.3) is 6.43 Å². The molecule has 0 saturated carbocycles. The smallest absolute Gasteiger partial charge is 0.308 e. The molecule has 4 rings (SSSR count). The maximum absolute atomic E-state index is 14.2. The Morgan fingerprint density at radius 2 is 2.06 bits per heavy atom. The van der Waals surface area contributed by atoms with Gasteiger partial charge in [-0.1, -0.05) is 17.5 Å². The van der Waals surface area contributed by atoms with Crippen LogP contribution in [0.15, 0.2) is 35.4 Å². The second kappa shape index (κ2) is 8.21. The Labute approximate surface area is 196 Å². The van der Waals surface area contributed by atoms with Crippen LogP contribution in [0.1, 0.15) is 17.7 Å². The van der Waals surface area contributed by atoms with Crippen LogP contribution in [0.3, 0.4) is 0 Å². The van der Waals surface area contributed by atoms with Crippen LogP contribution in [-0.4, -0.2) is 43.8 Å². The van der Waals surface area contributed by atoms with Crippen molar-refractivity contribution in [1.82, 2.24) is 14.6 Å². The molecule has 34 heavy (non-hydrogen) atoms. The van der Waals surface area contributed by atoms with Gasteiger partial charge in [-0.2, -0.15) is 18.3 Å². The highest BCUT2D eigenvalue weighted by Gasteiger charge is 2.63. The van der Waals surface area contributed by atoms with Gasteiger partial charge in [-0.05, 0) is 18.2 Å². The highest BCUT2D eigenvalue weighted by molar-refractivity contribution is 7.84. The number of amides is 2. The van der Waals surface area contributed by atoms with Crippen molar-refractivity contribution in [2.24, 2.45) is 0 Å². The van der Waals surface area contributed by atoms with Gasteiger partial charge in [0.05, 0.1) is 34.9 Å². The number of hydrogen-bond donors (Lipinski definition) is 1. The average Bonchev–Trinajstić information content (AvgIpc) is 3.30. The van der Waals surface area contributed by atoms with Crippen molar-refractivity contribution in [1.29, 1.82) is 0 Å². The summed E-state index contributed by atoms with van der Waals surface area (Å²) in [6, 6.07) is 3.41. The van der Waals surface area contributed by atoms with E-state index in [1.807, 2.05) is 0 Å². The number of aromatic nitrogens is 3. The lowest BCUT2D eigenvalue weighted by molar-refractivity contribution is -0.169. The Hall–Kier alpha value is -3.24. The van der Waals surface area contributed by atoms with Crippen molar-refractivity contribution in [2.45, 2.75) is 22.9 Å². The van der Waals surface area contributed by atoms with Crippen molar-refractivity contribution in [3.05, 3.63) is 46.9 Å². The number of hydrogen-bond acceptors (Lipinski definition) is 4. The minimum absolute atomic E-state index is 0.0142. The lowest BCUT2D eigenvalue weighted by atomic mass is 9.86. The van der Waals surface area contributed by atoms with Gasteiger partial charge in [0.2, 0.25) is 0 Å². The number of nitrogens with zero attached hydrogens (tertiary/aromatic N) is 4. The number of carbonyl (C=O) groups excluding carboxylic acids is 1. The monoisotopic (exact) mass is 517 g/mol. The fourth-order valence-electron chi connectivity index (χ4n) is 3.74. The molecule has 3 aromatic rings. The van der Waals surface area contributed by atoms with Gasteiger partial charge in [0.15, 0.2) is 16.2 Å². The molecule has 0 aliphatic carbocycles. The third-order valence-electron chi connectivity index (χ3n) is 5.31. The first-order valence-electron chi connectivity index (χ1n) is 9.33. The summed E-state index contributed by atoms with van der Waals surface area (Å²) < 4.78 is 82.1. The van der Waals surface area contributed by atoms with Gasteiger partial charge in [0, 0.05) is 28.5 Å². The Morgan fingerprint density at radius 1 is 1.35 bits per heavy atom. The van der Waals surface area contributed by atoms with E-state index in [1.54, 1.807) is 5.92 Å². The van der Waals surface area contributed by atoms with E-state index in [0.717, 1.165) is 22.8 Å². The molecule has 0 bridgehead atoms. The molecule has 0 radical (unpaired) electrons. The first-order valence-corrected chi connectivity index (χ1v) is 11.3. The van der Waals surface area contributed by atoms with Gasteiger partial charge in [-0.25, -0.2) is 23.1 Å². The average molecular weight is 518 g/mol. The van der Waals surface area contributed by atoms with Gasteiger partial charge < -0.3 is 5.32 Å². The van der Waals surface area contributed by atoms with E-state index in [-0.39, 0.29) is 27.1 Å². The SMILES string of the molecule is C#C[C@@]1(C(F)(F)F)CN(C(=O)Nc2ccc([S@@](C)=O)c(C(F)F)c2)c2cnc3cc(Cl)nn3c21. The molecular weight excluding hydrogens is 505 g/mol. The molecule has 178 valence electrons. The second-order valence-corrected chi connectivity index (χ2v) is 9.04. The van der Waals surface area contributed by atoms with Gasteiger partial charge in [-0.15, -0.1) is 6.42 Å². The molecule has 14 heteroatoms. The predicted octanol–water partition coefficient (Wildman–Crippen LogP) is 4.54. The van der Waals surface area contributed by atoms with E-state index in [1.165, 1.54) is 18.4 Å². The topological polar surface area (TPSA) is 79.6 Å². The number of terminal acetylenes is 1. The van der Waals surface area contributed by atoms with Crippen molar-refractivity contribution in [3.63, 3.8) is 0 Å². The molecular formula is C20H13ClF5N5O2S. The second-order valence-electron chi connectivity index (χ2n) is 7.30. The Balaban J connectivity index is 1.79. The van der Waals surface area contributed by atoms with Crippen LogP contribution in [0.25, 0.3) is 5.65 Å². The molecule has 3 heterocycles. The largest absolute Gasteiger partial charge is 0.412 e. The third-order valence-corrected chi connectivity index (χ3v) is 6.48. The molecule has 1 aromatic carbocycles. The number of anilines is 2. The predicted molar refractivity (Wildman–Crippen MR) is 115 cm³/mol. The first kappa shape index (κ1) is 23.9. The number of rotatable bonds is 3. The van der Waals surface area contributed by atoms with Crippen molar-refractivity contribution >= 4 is 45.5 Å². The van der Waals surface area contributed by atoms with Gasteiger partial charge >= 0.3 is 12.2 Å². The van der Waals surface area contributed by atoms with Crippen molar-refractivity contribution < 1.29 is 31.0 Å². The summed E-state index contributed by atoms with van der Waals surface area (Å²) in [5, 5.41) is 5.98. The molecule has 1 N–H and O–H groups in total. The van der Waals surface area contributed by atoms with Crippen LogP contribution < -0.4 is 10.2 Å². The molecule has 0 fully saturated rings. The molecule has 2 atom stereocenters. The molecule has 7 nitrogen and oxygen atoms in total. The van der Waals surface area contributed by atoms with E-state index in [4.69, 9.17) is 18.0 Å². The third kappa shape index (κ3) is 3.67.